The van der Waals surface area contributed by atoms with Crippen molar-refractivity contribution in [2.45, 2.75) is 77.5 Å². The van der Waals surface area contributed by atoms with Crippen LogP contribution in [0, 0.1) is 5.92 Å². The van der Waals surface area contributed by atoms with E-state index in [1.54, 1.807) is 0 Å². The molecule has 2 atom stereocenters. The first-order valence-electron chi connectivity index (χ1n) is 8.43. The van der Waals surface area contributed by atoms with E-state index in [-0.39, 0.29) is 24.1 Å². The minimum absolute atomic E-state index is 0.0297. The average molecular weight is 311 g/mol. The summed E-state index contributed by atoms with van der Waals surface area (Å²) in [7, 11) is 0. The van der Waals surface area contributed by atoms with Gasteiger partial charge in [-0.2, -0.15) is 0 Å². The zero-order chi connectivity index (χ0) is 16.3. The van der Waals surface area contributed by atoms with Crippen LogP contribution in [-0.4, -0.2) is 47.7 Å². The molecule has 2 heterocycles. The van der Waals surface area contributed by atoms with Crippen molar-refractivity contribution in [2.75, 3.05) is 13.2 Å². The number of rotatable bonds is 4. The number of carbonyl (C=O) groups excluding carboxylic acids is 2. The molecule has 2 aliphatic rings. The van der Waals surface area contributed by atoms with Crippen molar-refractivity contribution in [2.24, 2.45) is 5.92 Å². The van der Waals surface area contributed by atoms with E-state index in [1.807, 2.05) is 25.7 Å². The number of unbranched alkanes of at least 4 members (excludes halogenated alkanes) is 1. The molecule has 2 aliphatic heterocycles. The highest BCUT2D eigenvalue weighted by Crippen LogP contribution is 2.34. The van der Waals surface area contributed by atoms with Crippen LogP contribution >= 0.6 is 0 Å². The van der Waals surface area contributed by atoms with Crippen molar-refractivity contribution in [1.82, 2.24) is 4.90 Å². The third-order valence-corrected chi connectivity index (χ3v) is 4.36. The molecule has 0 aliphatic carbocycles. The van der Waals surface area contributed by atoms with Gasteiger partial charge in [-0.15, -0.1) is 0 Å². The second-order valence-electron chi connectivity index (χ2n) is 7.47. The summed E-state index contributed by atoms with van der Waals surface area (Å²) < 4.78 is 11.1. The van der Waals surface area contributed by atoms with E-state index < -0.39 is 5.60 Å². The molecular formula is C17H29NO4. The van der Waals surface area contributed by atoms with Gasteiger partial charge in [0.1, 0.15) is 11.4 Å². The van der Waals surface area contributed by atoms with Crippen LogP contribution in [0.2, 0.25) is 0 Å². The number of ketones is 1. The number of ether oxygens (including phenoxy) is 2. The number of piperidine rings is 1. The molecule has 0 spiro atoms. The standard InChI is InChI=1S/C17H29NO4/c1-5-6-7-15(19)12-8-13-10-21-11-14(9-12)18(13)16(20)22-17(2,3)4/h12-14H,5-11H2,1-4H3. The summed E-state index contributed by atoms with van der Waals surface area (Å²) in [5, 5.41) is 0. The van der Waals surface area contributed by atoms with E-state index in [4.69, 9.17) is 9.47 Å². The molecule has 126 valence electrons. The maximum absolute atomic E-state index is 12.4. The number of fused-ring (bicyclic) bond motifs is 2. The van der Waals surface area contributed by atoms with E-state index in [9.17, 15) is 9.59 Å². The molecule has 0 saturated carbocycles. The zero-order valence-electron chi connectivity index (χ0n) is 14.3. The molecule has 2 bridgehead atoms. The van der Waals surface area contributed by atoms with Crippen molar-refractivity contribution >= 4 is 11.9 Å². The molecule has 2 saturated heterocycles. The summed E-state index contributed by atoms with van der Waals surface area (Å²) in [5.74, 6) is 0.423. The number of hydrogen-bond acceptors (Lipinski definition) is 4. The highest BCUT2D eigenvalue weighted by atomic mass is 16.6. The second-order valence-corrected chi connectivity index (χ2v) is 7.47. The Hall–Kier alpha value is -1.10. The maximum atomic E-state index is 12.4. The van der Waals surface area contributed by atoms with Crippen LogP contribution in [0.1, 0.15) is 59.8 Å². The molecule has 2 rings (SSSR count). The lowest BCUT2D eigenvalue weighted by Gasteiger charge is -2.47. The Balaban J connectivity index is 2.02. The van der Waals surface area contributed by atoms with Gasteiger partial charge >= 0.3 is 6.09 Å². The van der Waals surface area contributed by atoms with Crippen LogP contribution in [0.15, 0.2) is 0 Å². The number of carbonyl (C=O) groups is 2. The fourth-order valence-corrected chi connectivity index (χ4v) is 3.35. The summed E-state index contributed by atoms with van der Waals surface area (Å²) in [5.41, 5.74) is -0.500. The quantitative estimate of drug-likeness (QED) is 0.800. The number of hydrogen-bond donors (Lipinski definition) is 0. The Morgan fingerprint density at radius 3 is 2.27 bits per heavy atom. The molecule has 0 N–H and O–H groups in total. The van der Waals surface area contributed by atoms with E-state index in [0.29, 0.717) is 38.3 Å². The van der Waals surface area contributed by atoms with E-state index >= 15 is 0 Å². The third-order valence-electron chi connectivity index (χ3n) is 4.36. The molecule has 0 radical (unpaired) electrons. The maximum Gasteiger partial charge on any atom is 0.410 e. The normalized spacial score (nSPS) is 28.4. The molecule has 2 fully saturated rings. The van der Waals surface area contributed by atoms with Gasteiger partial charge < -0.3 is 9.47 Å². The zero-order valence-corrected chi connectivity index (χ0v) is 14.3. The van der Waals surface area contributed by atoms with E-state index in [0.717, 1.165) is 12.8 Å². The Morgan fingerprint density at radius 1 is 1.18 bits per heavy atom. The van der Waals surface area contributed by atoms with Crippen molar-refractivity contribution < 1.29 is 19.1 Å². The predicted octanol–water partition coefficient (Wildman–Crippen LogP) is 3.16. The van der Waals surface area contributed by atoms with Gasteiger partial charge in [-0.25, -0.2) is 4.79 Å². The van der Waals surface area contributed by atoms with Crippen molar-refractivity contribution in [3.63, 3.8) is 0 Å². The Kier molecular flexibility index (Phi) is 5.48. The van der Waals surface area contributed by atoms with Gasteiger partial charge in [0.15, 0.2) is 0 Å². The van der Waals surface area contributed by atoms with Gasteiger partial charge in [-0.3, -0.25) is 9.69 Å². The molecule has 5 heteroatoms. The molecular weight excluding hydrogens is 282 g/mol. The summed E-state index contributed by atoms with van der Waals surface area (Å²) in [4.78, 5) is 26.6. The Bertz CT molecular complexity index is 401. The van der Waals surface area contributed by atoms with Crippen molar-refractivity contribution in [3.05, 3.63) is 0 Å². The fourth-order valence-electron chi connectivity index (χ4n) is 3.35. The summed E-state index contributed by atoms with van der Waals surface area (Å²) >= 11 is 0. The van der Waals surface area contributed by atoms with Crippen LogP contribution in [0.3, 0.4) is 0 Å². The minimum atomic E-state index is -0.500. The smallest absolute Gasteiger partial charge is 0.410 e. The van der Waals surface area contributed by atoms with Crippen molar-refractivity contribution in [1.29, 1.82) is 0 Å². The van der Waals surface area contributed by atoms with Crippen LogP contribution < -0.4 is 0 Å². The third kappa shape index (κ3) is 4.22. The predicted molar refractivity (Wildman–Crippen MR) is 83.7 cm³/mol. The van der Waals surface area contributed by atoms with Crippen LogP contribution in [-0.2, 0) is 14.3 Å². The monoisotopic (exact) mass is 311 g/mol. The first-order valence-corrected chi connectivity index (χ1v) is 8.43. The Labute approximate surface area is 133 Å². The number of nitrogens with zero attached hydrogens (tertiary/aromatic N) is 1. The van der Waals surface area contributed by atoms with Gasteiger partial charge in [0.25, 0.3) is 0 Å². The highest BCUT2D eigenvalue weighted by molar-refractivity contribution is 5.81. The lowest BCUT2D eigenvalue weighted by molar-refractivity contribution is -0.132. The highest BCUT2D eigenvalue weighted by Gasteiger charge is 2.44. The van der Waals surface area contributed by atoms with Crippen LogP contribution in [0.25, 0.3) is 0 Å². The molecule has 2 unspecified atom stereocenters. The van der Waals surface area contributed by atoms with Gasteiger partial charge in [0.05, 0.1) is 25.3 Å². The second kappa shape index (κ2) is 6.99. The number of amides is 1. The largest absolute Gasteiger partial charge is 0.444 e. The Morgan fingerprint density at radius 2 is 1.77 bits per heavy atom. The van der Waals surface area contributed by atoms with Crippen LogP contribution in [0.5, 0.6) is 0 Å². The van der Waals surface area contributed by atoms with Crippen LogP contribution in [0.4, 0.5) is 4.79 Å². The average Bonchev–Trinajstić information content (AvgIpc) is 2.41. The van der Waals surface area contributed by atoms with E-state index in [2.05, 4.69) is 6.92 Å². The lowest BCUT2D eigenvalue weighted by Crippen LogP contribution is -2.60. The number of Topliss-reactive ketones (excluding diaryl/α,β-unsaturated/α-hetero) is 1. The van der Waals surface area contributed by atoms with Crippen molar-refractivity contribution in [3.8, 4) is 0 Å². The molecule has 22 heavy (non-hydrogen) atoms. The summed E-state index contributed by atoms with van der Waals surface area (Å²) in [6.07, 6.45) is 3.80. The molecule has 0 aromatic rings. The van der Waals surface area contributed by atoms with Gasteiger partial charge in [0, 0.05) is 12.3 Å². The molecule has 1 amide bonds. The fraction of sp³-hybridized carbons (Fsp3) is 0.882. The topological polar surface area (TPSA) is 55.8 Å². The van der Waals surface area contributed by atoms with Gasteiger partial charge in [0.2, 0.25) is 0 Å². The summed E-state index contributed by atoms with van der Waals surface area (Å²) in [6.45, 7) is 8.73. The van der Waals surface area contributed by atoms with E-state index in [1.165, 1.54) is 0 Å². The molecule has 0 aromatic heterocycles. The molecule has 0 aromatic carbocycles. The first kappa shape index (κ1) is 17.3. The number of morpholine rings is 1. The molecule has 5 nitrogen and oxygen atoms in total. The van der Waals surface area contributed by atoms with Gasteiger partial charge in [-0.1, -0.05) is 13.3 Å². The summed E-state index contributed by atoms with van der Waals surface area (Å²) in [6, 6.07) is -0.0594. The lowest BCUT2D eigenvalue weighted by atomic mass is 9.81. The minimum Gasteiger partial charge on any atom is -0.444 e. The SMILES string of the molecule is CCCCC(=O)C1CC2COCC(C1)N2C(=O)OC(C)(C)C. The first-order chi connectivity index (χ1) is 10.3. The van der Waals surface area contributed by atoms with Gasteiger partial charge in [-0.05, 0) is 40.0 Å².